The van der Waals surface area contributed by atoms with Gasteiger partial charge in [-0.3, -0.25) is 9.69 Å². The van der Waals surface area contributed by atoms with Gasteiger partial charge in [0.1, 0.15) is 0 Å². The topological polar surface area (TPSA) is 67.6 Å². The fourth-order valence-corrected chi connectivity index (χ4v) is 2.67. The van der Waals surface area contributed by atoms with Crippen molar-refractivity contribution in [1.82, 2.24) is 10.2 Å². The second-order valence-corrected chi connectivity index (χ2v) is 5.54. The molecular formula is C14H29N3O2. The lowest BCUT2D eigenvalue weighted by molar-refractivity contribution is -0.127. The first-order valence-electron chi connectivity index (χ1n) is 7.32. The lowest BCUT2D eigenvalue weighted by Gasteiger charge is -2.40. The molecule has 1 saturated heterocycles. The molecule has 3 unspecified atom stereocenters. The first-order chi connectivity index (χ1) is 9.10. The first kappa shape index (κ1) is 16.4. The smallest absolute Gasteiger partial charge is 0.237 e. The summed E-state index contributed by atoms with van der Waals surface area (Å²) in [6.45, 7) is 7.20. The molecule has 3 N–H and O–H groups in total. The number of ether oxygens (including phenoxy) is 1. The van der Waals surface area contributed by atoms with Crippen LogP contribution in [0.3, 0.4) is 0 Å². The normalized spacial score (nSPS) is 26.1. The molecule has 0 radical (unpaired) electrons. The molecule has 0 bridgehead atoms. The van der Waals surface area contributed by atoms with Crippen LogP contribution < -0.4 is 11.1 Å². The average Bonchev–Trinajstić information content (AvgIpc) is 2.43. The number of amides is 1. The second kappa shape index (κ2) is 8.51. The van der Waals surface area contributed by atoms with Gasteiger partial charge in [0.2, 0.25) is 5.91 Å². The number of nitrogens with one attached hydrogen (secondary N) is 1. The molecule has 0 spiro atoms. The van der Waals surface area contributed by atoms with Crippen molar-refractivity contribution in [2.75, 3.05) is 33.4 Å². The standard InChI is InChI=1S/C14H29N3O2/c1-11-5-6-13(9-15)10-17(11)12(2)14(18)16-7-4-8-19-3/h11-13H,4-10,15H2,1-3H3,(H,16,18). The van der Waals surface area contributed by atoms with E-state index in [9.17, 15) is 4.79 Å². The minimum Gasteiger partial charge on any atom is -0.385 e. The average molecular weight is 271 g/mol. The lowest BCUT2D eigenvalue weighted by Crippen LogP contribution is -2.53. The van der Waals surface area contributed by atoms with Crippen molar-refractivity contribution in [2.45, 2.75) is 45.2 Å². The Morgan fingerprint density at radius 1 is 1.53 bits per heavy atom. The number of nitrogens with two attached hydrogens (primary N) is 1. The van der Waals surface area contributed by atoms with E-state index in [1.807, 2.05) is 6.92 Å². The number of carbonyl (C=O) groups excluding carboxylic acids is 1. The lowest BCUT2D eigenvalue weighted by atomic mass is 9.92. The van der Waals surface area contributed by atoms with E-state index in [-0.39, 0.29) is 11.9 Å². The van der Waals surface area contributed by atoms with Crippen molar-refractivity contribution in [2.24, 2.45) is 11.7 Å². The largest absolute Gasteiger partial charge is 0.385 e. The van der Waals surface area contributed by atoms with Gasteiger partial charge >= 0.3 is 0 Å². The Hall–Kier alpha value is -0.650. The highest BCUT2D eigenvalue weighted by Gasteiger charge is 2.31. The Bertz CT molecular complexity index is 273. The number of piperidine rings is 1. The predicted molar refractivity (Wildman–Crippen MR) is 76.9 cm³/mol. The number of hydrogen-bond acceptors (Lipinski definition) is 4. The van der Waals surface area contributed by atoms with Crippen LogP contribution in [-0.4, -0.2) is 56.2 Å². The summed E-state index contributed by atoms with van der Waals surface area (Å²) < 4.78 is 4.97. The Morgan fingerprint density at radius 3 is 2.89 bits per heavy atom. The van der Waals surface area contributed by atoms with E-state index in [0.717, 1.165) is 19.4 Å². The quantitative estimate of drug-likeness (QED) is 0.665. The van der Waals surface area contributed by atoms with Gasteiger partial charge in [0.25, 0.3) is 0 Å². The summed E-state index contributed by atoms with van der Waals surface area (Å²) in [7, 11) is 1.67. The van der Waals surface area contributed by atoms with Gasteiger partial charge in [-0.2, -0.15) is 0 Å². The summed E-state index contributed by atoms with van der Waals surface area (Å²) in [5.74, 6) is 0.639. The molecular weight excluding hydrogens is 242 g/mol. The molecule has 112 valence electrons. The SMILES string of the molecule is COCCCNC(=O)C(C)N1CC(CN)CCC1C. The third-order valence-corrected chi connectivity index (χ3v) is 4.06. The number of likely N-dealkylation sites (tertiary alicyclic amines) is 1. The van der Waals surface area contributed by atoms with E-state index in [4.69, 9.17) is 10.5 Å². The molecule has 1 heterocycles. The third kappa shape index (κ3) is 5.09. The molecule has 19 heavy (non-hydrogen) atoms. The molecule has 1 aliphatic rings. The molecule has 5 heteroatoms. The maximum absolute atomic E-state index is 12.1. The van der Waals surface area contributed by atoms with Gasteiger partial charge in [0, 0.05) is 32.8 Å². The number of carbonyl (C=O) groups is 1. The van der Waals surface area contributed by atoms with Crippen LogP contribution in [-0.2, 0) is 9.53 Å². The van der Waals surface area contributed by atoms with Crippen LogP contribution in [0, 0.1) is 5.92 Å². The molecule has 0 aliphatic carbocycles. The molecule has 0 aromatic rings. The summed E-state index contributed by atoms with van der Waals surface area (Å²) in [6.07, 6.45) is 3.16. The molecule has 1 aliphatic heterocycles. The zero-order valence-corrected chi connectivity index (χ0v) is 12.5. The van der Waals surface area contributed by atoms with E-state index >= 15 is 0 Å². The highest BCUT2D eigenvalue weighted by molar-refractivity contribution is 5.81. The first-order valence-corrected chi connectivity index (χ1v) is 7.32. The van der Waals surface area contributed by atoms with Crippen LogP contribution >= 0.6 is 0 Å². The maximum Gasteiger partial charge on any atom is 0.237 e. The van der Waals surface area contributed by atoms with Gasteiger partial charge in [0.15, 0.2) is 0 Å². The summed E-state index contributed by atoms with van der Waals surface area (Å²) in [4.78, 5) is 14.4. The van der Waals surface area contributed by atoms with Crippen LogP contribution in [0.15, 0.2) is 0 Å². The molecule has 0 aromatic heterocycles. The van der Waals surface area contributed by atoms with Gasteiger partial charge < -0.3 is 15.8 Å². The molecule has 5 nitrogen and oxygen atoms in total. The fraction of sp³-hybridized carbons (Fsp3) is 0.929. The summed E-state index contributed by atoms with van der Waals surface area (Å²) in [6, 6.07) is 0.384. The Morgan fingerprint density at radius 2 is 2.26 bits per heavy atom. The number of rotatable bonds is 7. The molecule has 1 amide bonds. The summed E-state index contributed by atoms with van der Waals surface area (Å²) >= 11 is 0. The third-order valence-electron chi connectivity index (χ3n) is 4.06. The highest BCUT2D eigenvalue weighted by atomic mass is 16.5. The van der Waals surface area contributed by atoms with Gasteiger partial charge in [0.05, 0.1) is 6.04 Å². The maximum atomic E-state index is 12.1. The molecule has 1 rings (SSSR count). The van der Waals surface area contributed by atoms with Crippen LogP contribution in [0.1, 0.15) is 33.1 Å². The van der Waals surface area contributed by atoms with Gasteiger partial charge in [-0.1, -0.05) is 0 Å². The van der Waals surface area contributed by atoms with Crippen molar-refractivity contribution < 1.29 is 9.53 Å². The Labute approximate surface area is 116 Å². The van der Waals surface area contributed by atoms with E-state index in [1.54, 1.807) is 7.11 Å². The summed E-state index contributed by atoms with van der Waals surface area (Å²) in [5.41, 5.74) is 5.76. The minimum absolute atomic E-state index is 0.0769. The Balaban J connectivity index is 2.40. The van der Waals surface area contributed by atoms with Gasteiger partial charge in [-0.25, -0.2) is 0 Å². The highest BCUT2D eigenvalue weighted by Crippen LogP contribution is 2.23. The van der Waals surface area contributed by atoms with Crippen LogP contribution in [0.2, 0.25) is 0 Å². The number of hydrogen-bond donors (Lipinski definition) is 2. The zero-order valence-electron chi connectivity index (χ0n) is 12.5. The van der Waals surface area contributed by atoms with Gasteiger partial charge in [-0.15, -0.1) is 0 Å². The second-order valence-electron chi connectivity index (χ2n) is 5.54. The van der Waals surface area contributed by atoms with E-state index < -0.39 is 0 Å². The molecule has 3 atom stereocenters. The van der Waals surface area contributed by atoms with Crippen molar-refractivity contribution >= 4 is 5.91 Å². The van der Waals surface area contributed by atoms with Crippen molar-refractivity contribution in [3.8, 4) is 0 Å². The van der Waals surface area contributed by atoms with E-state index in [1.165, 1.54) is 6.42 Å². The summed E-state index contributed by atoms with van der Waals surface area (Å²) in [5, 5.41) is 2.98. The molecule has 0 aromatic carbocycles. The van der Waals surface area contributed by atoms with Gasteiger partial charge in [-0.05, 0) is 45.6 Å². The van der Waals surface area contributed by atoms with Crippen molar-refractivity contribution in [3.63, 3.8) is 0 Å². The number of nitrogens with zero attached hydrogens (tertiary/aromatic N) is 1. The monoisotopic (exact) mass is 271 g/mol. The van der Waals surface area contributed by atoms with Crippen molar-refractivity contribution in [1.29, 1.82) is 0 Å². The zero-order chi connectivity index (χ0) is 14.3. The van der Waals surface area contributed by atoms with Crippen molar-refractivity contribution in [3.05, 3.63) is 0 Å². The molecule has 0 saturated carbocycles. The van der Waals surface area contributed by atoms with E-state index in [0.29, 0.717) is 31.7 Å². The molecule has 1 fully saturated rings. The van der Waals surface area contributed by atoms with Crippen LogP contribution in [0.5, 0.6) is 0 Å². The number of methoxy groups -OCH3 is 1. The Kier molecular flexibility index (Phi) is 7.34. The van der Waals surface area contributed by atoms with E-state index in [2.05, 4.69) is 17.1 Å². The fourth-order valence-electron chi connectivity index (χ4n) is 2.67. The minimum atomic E-state index is -0.0769. The van der Waals surface area contributed by atoms with Crippen LogP contribution in [0.4, 0.5) is 0 Å². The predicted octanol–water partition coefficient (Wildman–Crippen LogP) is 0.587. The van der Waals surface area contributed by atoms with Crippen LogP contribution in [0.25, 0.3) is 0 Å².